The van der Waals surface area contributed by atoms with Crippen LogP contribution in [0.25, 0.3) is 0 Å². The lowest BCUT2D eigenvalue weighted by atomic mass is 10.0. The molecular weight excluding hydrogens is 247 g/mol. The average Bonchev–Trinajstić information content (AvgIpc) is 2.33. The summed E-state index contributed by atoms with van der Waals surface area (Å²) >= 11 is 0. The van der Waals surface area contributed by atoms with E-state index in [1.807, 2.05) is 13.8 Å². The quantitative estimate of drug-likeness (QED) is 0.769. The lowest BCUT2D eigenvalue weighted by Crippen LogP contribution is -2.32. The number of halogens is 1. The van der Waals surface area contributed by atoms with Gasteiger partial charge in [0, 0.05) is 12.2 Å². The molecule has 1 aromatic carbocycles. The van der Waals surface area contributed by atoms with Gasteiger partial charge in [-0.1, -0.05) is 19.9 Å². The summed E-state index contributed by atoms with van der Waals surface area (Å²) in [5.41, 5.74) is 1.24. The molecule has 0 radical (unpaired) electrons. The van der Waals surface area contributed by atoms with E-state index in [4.69, 9.17) is 0 Å². The van der Waals surface area contributed by atoms with Crippen molar-refractivity contribution in [1.82, 2.24) is 5.32 Å². The van der Waals surface area contributed by atoms with Gasteiger partial charge in [0.05, 0.1) is 6.10 Å². The van der Waals surface area contributed by atoms with Crippen LogP contribution in [0, 0.1) is 18.7 Å². The smallest absolute Gasteiger partial charge is 0.319 e. The van der Waals surface area contributed by atoms with Crippen LogP contribution in [0.4, 0.5) is 14.9 Å². The Morgan fingerprint density at radius 3 is 2.74 bits per heavy atom. The van der Waals surface area contributed by atoms with Crippen molar-refractivity contribution in [3.05, 3.63) is 29.6 Å². The van der Waals surface area contributed by atoms with E-state index in [-0.39, 0.29) is 5.92 Å². The van der Waals surface area contributed by atoms with E-state index in [9.17, 15) is 14.3 Å². The summed E-state index contributed by atoms with van der Waals surface area (Å²) in [5, 5.41) is 14.8. The number of urea groups is 1. The summed E-state index contributed by atoms with van der Waals surface area (Å²) < 4.78 is 13.0. The van der Waals surface area contributed by atoms with Gasteiger partial charge in [0.25, 0.3) is 0 Å². The summed E-state index contributed by atoms with van der Waals surface area (Å²) in [6.07, 6.45) is 0.0592. The van der Waals surface area contributed by atoms with Crippen molar-refractivity contribution in [3.8, 4) is 0 Å². The van der Waals surface area contributed by atoms with Gasteiger partial charge in [0.1, 0.15) is 5.82 Å². The molecule has 19 heavy (non-hydrogen) atoms. The second-order valence-electron chi connectivity index (χ2n) is 4.94. The number of anilines is 1. The van der Waals surface area contributed by atoms with Crippen LogP contribution in [0.3, 0.4) is 0 Å². The standard InChI is InChI=1S/C14H21FN2O2/c1-9(2)13(18)6-7-16-14(19)17-12-8-11(15)5-4-10(12)3/h4-5,8-9,13,18H,6-7H2,1-3H3,(H2,16,17,19). The molecule has 0 aliphatic heterocycles. The Bertz CT molecular complexity index is 435. The lowest BCUT2D eigenvalue weighted by molar-refractivity contribution is 0.117. The number of aliphatic hydroxyl groups excluding tert-OH is 1. The summed E-state index contributed by atoms with van der Waals surface area (Å²) in [7, 11) is 0. The van der Waals surface area contributed by atoms with Crippen LogP contribution in [0.5, 0.6) is 0 Å². The molecule has 1 rings (SSSR count). The average molecular weight is 268 g/mol. The fourth-order valence-corrected chi connectivity index (χ4v) is 1.56. The number of hydrogen-bond donors (Lipinski definition) is 3. The SMILES string of the molecule is Cc1ccc(F)cc1NC(=O)NCCC(O)C(C)C. The van der Waals surface area contributed by atoms with Gasteiger partial charge in [-0.2, -0.15) is 0 Å². The Morgan fingerprint density at radius 2 is 2.11 bits per heavy atom. The maximum absolute atomic E-state index is 13.0. The summed E-state index contributed by atoms with van der Waals surface area (Å²) in [5.74, 6) is -0.230. The van der Waals surface area contributed by atoms with E-state index in [1.54, 1.807) is 13.0 Å². The zero-order valence-electron chi connectivity index (χ0n) is 11.5. The minimum absolute atomic E-state index is 0.162. The van der Waals surface area contributed by atoms with Crippen LogP contribution in [0.15, 0.2) is 18.2 Å². The minimum Gasteiger partial charge on any atom is -0.393 e. The van der Waals surface area contributed by atoms with Gasteiger partial charge < -0.3 is 15.7 Å². The number of hydrogen-bond acceptors (Lipinski definition) is 2. The molecule has 0 aliphatic carbocycles. The molecule has 5 heteroatoms. The largest absolute Gasteiger partial charge is 0.393 e. The van der Waals surface area contributed by atoms with Gasteiger partial charge in [-0.05, 0) is 37.0 Å². The number of aliphatic hydroxyl groups is 1. The maximum atomic E-state index is 13.0. The number of amides is 2. The van der Waals surface area contributed by atoms with Gasteiger partial charge in [0.15, 0.2) is 0 Å². The molecule has 0 heterocycles. The molecule has 1 unspecified atom stereocenters. The molecule has 0 spiro atoms. The first-order valence-corrected chi connectivity index (χ1v) is 6.39. The van der Waals surface area contributed by atoms with Crippen LogP contribution in [0.2, 0.25) is 0 Å². The Morgan fingerprint density at radius 1 is 1.42 bits per heavy atom. The van der Waals surface area contributed by atoms with Crippen LogP contribution in [-0.4, -0.2) is 23.8 Å². The molecular formula is C14H21FN2O2. The molecule has 0 aromatic heterocycles. The second-order valence-corrected chi connectivity index (χ2v) is 4.94. The van der Waals surface area contributed by atoms with Crippen molar-refractivity contribution in [2.75, 3.05) is 11.9 Å². The highest BCUT2D eigenvalue weighted by atomic mass is 19.1. The van der Waals surface area contributed by atoms with E-state index in [2.05, 4.69) is 10.6 Å². The van der Waals surface area contributed by atoms with E-state index >= 15 is 0 Å². The van der Waals surface area contributed by atoms with Crippen molar-refractivity contribution in [1.29, 1.82) is 0 Å². The van der Waals surface area contributed by atoms with Crippen molar-refractivity contribution in [2.24, 2.45) is 5.92 Å². The highest BCUT2D eigenvalue weighted by Gasteiger charge is 2.10. The molecule has 2 amide bonds. The zero-order chi connectivity index (χ0) is 14.4. The molecule has 4 nitrogen and oxygen atoms in total. The molecule has 106 valence electrons. The third kappa shape index (κ3) is 5.26. The molecule has 1 aromatic rings. The fraction of sp³-hybridized carbons (Fsp3) is 0.500. The van der Waals surface area contributed by atoms with Crippen LogP contribution < -0.4 is 10.6 Å². The maximum Gasteiger partial charge on any atom is 0.319 e. The number of carbonyl (C=O) groups is 1. The highest BCUT2D eigenvalue weighted by molar-refractivity contribution is 5.89. The molecule has 0 saturated carbocycles. The molecule has 1 atom stereocenters. The number of aryl methyl sites for hydroxylation is 1. The normalized spacial score (nSPS) is 12.3. The molecule has 0 saturated heterocycles. The second kappa shape index (κ2) is 7.09. The molecule has 0 fully saturated rings. The fourth-order valence-electron chi connectivity index (χ4n) is 1.56. The first-order chi connectivity index (χ1) is 8.90. The van der Waals surface area contributed by atoms with Crippen molar-refractivity contribution in [2.45, 2.75) is 33.3 Å². The number of benzene rings is 1. The summed E-state index contributed by atoms with van der Waals surface area (Å²) in [6.45, 7) is 6.00. The summed E-state index contributed by atoms with van der Waals surface area (Å²) in [4.78, 5) is 11.6. The van der Waals surface area contributed by atoms with Crippen molar-refractivity contribution < 1.29 is 14.3 Å². The van der Waals surface area contributed by atoms with Gasteiger partial charge in [-0.15, -0.1) is 0 Å². The number of carbonyl (C=O) groups excluding carboxylic acids is 1. The lowest BCUT2D eigenvalue weighted by Gasteiger charge is -2.15. The predicted octanol–water partition coefficient (Wildman–Crippen LogP) is 2.66. The highest BCUT2D eigenvalue weighted by Crippen LogP contribution is 2.15. The monoisotopic (exact) mass is 268 g/mol. The van der Waals surface area contributed by atoms with Crippen LogP contribution in [0.1, 0.15) is 25.8 Å². The van der Waals surface area contributed by atoms with Gasteiger partial charge in [-0.25, -0.2) is 9.18 Å². The van der Waals surface area contributed by atoms with E-state index in [0.29, 0.717) is 18.7 Å². The Labute approximate surface area is 113 Å². The summed E-state index contributed by atoms with van der Waals surface area (Å²) in [6, 6.07) is 3.83. The Kier molecular flexibility index (Phi) is 5.76. The third-order valence-electron chi connectivity index (χ3n) is 2.94. The zero-order valence-corrected chi connectivity index (χ0v) is 11.5. The van der Waals surface area contributed by atoms with Crippen molar-refractivity contribution >= 4 is 11.7 Å². The Balaban J connectivity index is 2.41. The third-order valence-corrected chi connectivity index (χ3v) is 2.94. The minimum atomic E-state index is -0.434. The Hall–Kier alpha value is -1.62. The molecule has 0 aliphatic rings. The number of nitrogens with one attached hydrogen (secondary N) is 2. The van der Waals surface area contributed by atoms with Crippen LogP contribution in [-0.2, 0) is 0 Å². The topological polar surface area (TPSA) is 61.4 Å². The van der Waals surface area contributed by atoms with E-state index in [0.717, 1.165) is 5.56 Å². The molecule has 3 N–H and O–H groups in total. The first kappa shape index (κ1) is 15.4. The van der Waals surface area contributed by atoms with Gasteiger partial charge >= 0.3 is 6.03 Å². The van der Waals surface area contributed by atoms with Gasteiger partial charge in [-0.3, -0.25) is 0 Å². The van der Waals surface area contributed by atoms with Crippen LogP contribution >= 0.6 is 0 Å². The number of rotatable bonds is 5. The van der Waals surface area contributed by atoms with E-state index < -0.39 is 18.0 Å². The predicted molar refractivity (Wildman–Crippen MR) is 73.6 cm³/mol. The van der Waals surface area contributed by atoms with Crippen molar-refractivity contribution in [3.63, 3.8) is 0 Å². The van der Waals surface area contributed by atoms with Gasteiger partial charge in [0.2, 0.25) is 0 Å². The molecule has 0 bridgehead atoms. The first-order valence-electron chi connectivity index (χ1n) is 6.39. The van der Waals surface area contributed by atoms with E-state index in [1.165, 1.54) is 12.1 Å².